The highest BCUT2D eigenvalue weighted by atomic mass is 32.1. The smallest absolute Gasteiger partial charge is 0.141 e. The SMILES string of the molecule is Cc1sc2ncnc(N3CCC4NCCC4C3)c2c1C. The van der Waals surface area contributed by atoms with E-state index in [1.165, 1.54) is 35.2 Å². The van der Waals surface area contributed by atoms with Gasteiger partial charge in [-0.1, -0.05) is 0 Å². The van der Waals surface area contributed by atoms with Crippen molar-refractivity contribution in [2.75, 3.05) is 24.5 Å². The van der Waals surface area contributed by atoms with Gasteiger partial charge in [-0.2, -0.15) is 0 Å². The highest BCUT2D eigenvalue weighted by molar-refractivity contribution is 7.18. The van der Waals surface area contributed by atoms with Crippen LogP contribution >= 0.6 is 11.3 Å². The molecule has 0 spiro atoms. The third-order valence-electron chi connectivity index (χ3n) is 4.90. The number of fused-ring (bicyclic) bond motifs is 2. The largest absolute Gasteiger partial charge is 0.356 e. The van der Waals surface area contributed by atoms with Gasteiger partial charge in [-0.3, -0.25) is 0 Å². The Bertz CT molecular complexity index is 651. The molecule has 2 aliphatic heterocycles. The van der Waals surface area contributed by atoms with Gasteiger partial charge in [-0.05, 0) is 44.7 Å². The molecule has 1 N–H and O–H groups in total. The number of thiophene rings is 1. The highest BCUT2D eigenvalue weighted by Crippen LogP contribution is 2.36. The predicted molar refractivity (Wildman–Crippen MR) is 83.6 cm³/mol. The molecule has 2 aromatic heterocycles. The summed E-state index contributed by atoms with van der Waals surface area (Å²) in [5.74, 6) is 1.94. The third-order valence-corrected chi connectivity index (χ3v) is 6.02. The normalized spacial score (nSPS) is 26.2. The summed E-state index contributed by atoms with van der Waals surface area (Å²) in [5, 5.41) is 4.90. The molecule has 2 aromatic rings. The van der Waals surface area contributed by atoms with Crippen LogP contribution < -0.4 is 10.2 Å². The van der Waals surface area contributed by atoms with Gasteiger partial charge < -0.3 is 10.2 Å². The van der Waals surface area contributed by atoms with Crippen molar-refractivity contribution < 1.29 is 0 Å². The quantitative estimate of drug-likeness (QED) is 0.875. The molecule has 2 saturated heterocycles. The van der Waals surface area contributed by atoms with Crippen molar-refractivity contribution in [3.63, 3.8) is 0 Å². The first-order valence-electron chi connectivity index (χ1n) is 7.43. The second-order valence-corrected chi connectivity index (χ2v) is 7.21. The lowest BCUT2D eigenvalue weighted by molar-refractivity contribution is 0.375. The van der Waals surface area contributed by atoms with E-state index >= 15 is 0 Å². The Kier molecular flexibility index (Phi) is 2.93. The predicted octanol–water partition coefficient (Wildman–Crippen LogP) is 2.50. The van der Waals surface area contributed by atoms with Crippen molar-refractivity contribution >= 4 is 27.4 Å². The maximum absolute atomic E-state index is 4.62. The fourth-order valence-electron chi connectivity index (χ4n) is 3.64. The zero-order valence-corrected chi connectivity index (χ0v) is 12.8. The van der Waals surface area contributed by atoms with Gasteiger partial charge in [0.2, 0.25) is 0 Å². The Morgan fingerprint density at radius 3 is 3.10 bits per heavy atom. The zero-order chi connectivity index (χ0) is 13.7. The monoisotopic (exact) mass is 288 g/mol. The molecule has 5 heteroatoms. The van der Waals surface area contributed by atoms with Gasteiger partial charge in [0.25, 0.3) is 0 Å². The summed E-state index contributed by atoms with van der Waals surface area (Å²) >= 11 is 1.79. The molecular weight excluding hydrogens is 268 g/mol. The summed E-state index contributed by atoms with van der Waals surface area (Å²) in [4.78, 5) is 14.1. The first kappa shape index (κ1) is 12.5. The minimum absolute atomic E-state index is 0.730. The van der Waals surface area contributed by atoms with Crippen molar-refractivity contribution in [2.45, 2.75) is 32.7 Å². The van der Waals surface area contributed by atoms with Crippen LogP contribution in [0.1, 0.15) is 23.3 Å². The molecule has 0 radical (unpaired) electrons. The molecule has 0 amide bonds. The van der Waals surface area contributed by atoms with E-state index in [1.807, 2.05) is 0 Å². The molecule has 106 valence electrons. The van der Waals surface area contributed by atoms with Crippen LogP contribution in [0.25, 0.3) is 10.2 Å². The molecule has 20 heavy (non-hydrogen) atoms. The van der Waals surface area contributed by atoms with Gasteiger partial charge >= 0.3 is 0 Å². The number of nitrogens with one attached hydrogen (secondary N) is 1. The number of aryl methyl sites for hydroxylation is 2. The van der Waals surface area contributed by atoms with E-state index in [-0.39, 0.29) is 0 Å². The lowest BCUT2D eigenvalue weighted by atomic mass is 9.93. The molecule has 2 atom stereocenters. The number of aromatic nitrogens is 2. The molecule has 2 aliphatic rings. The van der Waals surface area contributed by atoms with Gasteiger partial charge in [-0.15, -0.1) is 11.3 Å². The first-order chi connectivity index (χ1) is 9.74. The molecule has 4 rings (SSSR count). The van der Waals surface area contributed by atoms with E-state index < -0.39 is 0 Å². The van der Waals surface area contributed by atoms with E-state index in [9.17, 15) is 0 Å². The minimum atomic E-state index is 0.730. The summed E-state index contributed by atoms with van der Waals surface area (Å²) < 4.78 is 0. The van der Waals surface area contributed by atoms with E-state index in [0.29, 0.717) is 0 Å². The van der Waals surface area contributed by atoms with Gasteiger partial charge in [0.15, 0.2) is 0 Å². The number of hydrogen-bond donors (Lipinski definition) is 1. The topological polar surface area (TPSA) is 41.1 Å². The molecule has 0 aromatic carbocycles. The number of nitrogens with zero attached hydrogens (tertiary/aromatic N) is 3. The van der Waals surface area contributed by atoms with Gasteiger partial charge in [0.05, 0.1) is 5.39 Å². The summed E-state index contributed by atoms with van der Waals surface area (Å²) in [5.41, 5.74) is 1.35. The Morgan fingerprint density at radius 2 is 2.20 bits per heavy atom. The van der Waals surface area contributed by atoms with Crippen LogP contribution in [0.2, 0.25) is 0 Å². The van der Waals surface area contributed by atoms with Crippen LogP contribution in [0.3, 0.4) is 0 Å². The maximum atomic E-state index is 4.62. The van der Waals surface area contributed by atoms with E-state index in [1.54, 1.807) is 17.7 Å². The van der Waals surface area contributed by atoms with Crippen LogP contribution in [0.15, 0.2) is 6.33 Å². The molecule has 0 aliphatic carbocycles. The molecule has 4 nitrogen and oxygen atoms in total. The molecule has 2 unspecified atom stereocenters. The number of rotatable bonds is 1. The van der Waals surface area contributed by atoms with Crippen LogP contribution in [0.5, 0.6) is 0 Å². The van der Waals surface area contributed by atoms with Gasteiger partial charge in [0, 0.05) is 24.0 Å². The Balaban J connectivity index is 1.75. The maximum Gasteiger partial charge on any atom is 0.141 e. The molecule has 0 bridgehead atoms. The molecule has 0 saturated carbocycles. The van der Waals surface area contributed by atoms with Crippen molar-refractivity contribution in [3.8, 4) is 0 Å². The summed E-state index contributed by atoms with van der Waals surface area (Å²) in [6.45, 7) is 7.80. The molecule has 2 fully saturated rings. The second-order valence-electron chi connectivity index (χ2n) is 6.00. The summed E-state index contributed by atoms with van der Waals surface area (Å²) in [6, 6.07) is 0.730. The molecule has 4 heterocycles. The Hall–Kier alpha value is -1.20. The van der Waals surface area contributed by atoms with Crippen LogP contribution in [-0.2, 0) is 0 Å². The van der Waals surface area contributed by atoms with E-state index in [4.69, 9.17) is 0 Å². The van der Waals surface area contributed by atoms with Crippen molar-refractivity contribution in [3.05, 3.63) is 16.8 Å². The second kappa shape index (κ2) is 4.67. The third kappa shape index (κ3) is 1.84. The van der Waals surface area contributed by atoms with Crippen molar-refractivity contribution in [2.24, 2.45) is 5.92 Å². The van der Waals surface area contributed by atoms with Crippen LogP contribution in [-0.4, -0.2) is 35.6 Å². The van der Waals surface area contributed by atoms with Crippen molar-refractivity contribution in [1.29, 1.82) is 0 Å². The Morgan fingerprint density at radius 1 is 1.30 bits per heavy atom. The average molecular weight is 288 g/mol. The standard InChI is InChI=1S/C15H20N4S/c1-9-10(2)20-15-13(9)14(17-8-18-15)19-6-4-12-11(7-19)3-5-16-12/h8,11-12,16H,3-7H2,1-2H3. The van der Waals surface area contributed by atoms with Crippen LogP contribution in [0.4, 0.5) is 5.82 Å². The first-order valence-corrected chi connectivity index (χ1v) is 8.24. The lowest BCUT2D eigenvalue weighted by Gasteiger charge is -2.35. The Labute approximate surface area is 123 Å². The fourth-order valence-corrected chi connectivity index (χ4v) is 4.63. The highest BCUT2D eigenvalue weighted by Gasteiger charge is 2.33. The number of hydrogen-bond acceptors (Lipinski definition) is 5. The van der Waals surface area contributed by atoms with Crippen LogP contribution in [0, 0.1) is 19.8 Å². The minimum Gasteiger partial charge on any atom is -0.356 e. The number of piperidine rings is 1. The zero-order valence-electron chi connectivity index (χ0n) is 12.0. The molecular formula is C15H20N4S. The lowest BCUT2D eigenvalue weighted by Crippen LogP contribution is -2.44. The average Bonchev–Trinajstić information content (AvgIpc) is 3.03. The van der Waals surface area contributed by atoms with Gasteiger partial charge in [0.1, 0.15) is 17.0 Å². The fraction of sp³-hybridized carbons (Fsp3) is 0.600. The van der Waals surface area contributed by atoms with Gasteiger partial charge in [-0.25, -0.2) is 9.97 Å². The van der Waals surface area contributed by atoms with E-state index in [0.717, 1.165) is 35.7 Å². The van der Waals surface area contributed by atoms with Crippen molar-refractivity contribution in [1.82, 2.24) is 15.3 Å². The summed E-state index contributed by atoms with van der Waals surface area (Å²) in [6.07, 6.45) is 4.27. The number of anilines is 1. The van der Waals surface area contributed by atoms with E-state index in [2.05, 4.69) is 34.0 Å². The summed E-state index contributed by atoms with van der Waals surface area (Å²) in [7, 11) is 0.